The third-order valence-electron chi connectivity index (χ3n) is 6.13. The highest BCUT2D eigenvalue weighted by atomic mass is 35.5. The van der Waals surface area contributed by atoms with Crippen molar-refractivity contribution in [3.05, 3.63) is 62.5 Å². The summed E-state index contributed by atoms with van der Waals surface area (Å²) in [7, 11) is -2.16. The number of thiazole rings is 1. The van der Waals surface area contributed by atoms with Gasteiger partial charge in [0.2, 0.25) is 0 Å². The summed E-state index contributed by atoms with van der Waals surface area (Å²) in [4.78, 5) is 24.1. The molecular weight excluding hydrogens is 519 g/mol. The van der Waals surface area contributed by atoms with Crippen LogP contribution in [-0.2, 0) is 19.7 Å². The van der Waals surface area contributed by atoms with E-state index in [9.17, 15) is 17.6 Å². The number of benzene rings is 1. The zero-order chi connectivity index (χ0) is 24.7. The predicted molar refractivity (Wildman–Crippen MR) is 129 cm³/mol. The van der Waals surface area contributed by atoms with E-state index in [1.54, 1.807) is 6.20 Å². The van der Waals surface area contributed by atoms with Crippen LogP contribution in [0, 0.1) is 5.82 Å². The largest absolute Gasteiger partial charge is 0.466 e. The molecule has 2 atom stereocenters. The molecule has 0 amide bonds. The number of rotatable bonds is 5. The number of methoxy groups -OCH3 is 1. The van der Waals surface area contributed by atoms with Gasteiger partial charge in [-0.3, -0.25) is 9.89 Å². The minimum absolute atomic E-state index is 0.135. The van der Waals surface area contributed by atoms with E-state index >= 15 is 0 Å². The lowest BCUT2D eigenvalue weighted by atomic mass is 9.95. The minimum atomic E-state index is -3.44. The first-order valence-corrected chi connectivity index (χ1v) is 13.5. The number of piperazine rings is 1. The maximum Gasteiger partial charge on any atom is 0.338 e. The summed E-state index contributed by atoms with van der Waals surface area (Å²) in [5.41, 5.74) is 1.25. The number of hydrogen-bond acceptors (Lipinski definition) is 9. The molecule has 2 saturated heterocycles. The Morgan fingerprint density at radius 2 is 2.20 bits per heavy atom. The van der Waals surface area contributed by atoms with Crippen LogP contribution < -0.4 is 10.0 Å². The summed E-state index contributed by atoms with van der Waals surface area (Å²) in [6, 6.07) is 2.90. The van der Waals surface area contributed by atoms with Crippen molar-refractivity contribution in [2.24, 2.45) is 4.99 Å². The molecule has 0 aliphatic carbocycles. The summed E-state index contributed by atoms with van der Waals surface area (Å²) >= 11 is 7.76. The number of ether oxygens (including phenoxy) is 1. The number of hydrogen-bond donors (Lipinski definition) is 2. The Bertz CT molecular complexity index is 1320. The van der Waals surface area contributed by atoms with Gasteiger partial charge in [0.25, 0.3) is 10.2 Å². The molecular formula is C21H22ClFN6O4S2. The van der Waals surface area contributed by atoms with Crippen LogP contribution in [0.5, 0.6) is 0 Å². The smallest absolute Gasteiger partial charge is 0.338 e. The Labute approximate surface area is 210 Å². The number of nitrogens with one attached hydrogen (secondary N) is 2. The monoisotopic (exact) mass is 540 g/mol. The molecule has 0 saturated carbocycles. The van der Waals surface area contributed by atoms with Crippen molar-refractivity contribution in [2.75, 3.05) is 39.8 Å². The second kappa shape index (κ2) is 9.56. The van der Waals surface area contributed by atoms with E-state index in [2.05, 4.69) is 19.9 Å². The number of amidine groups is 1. The molecule has 0 bridgehead atoms. The number of halogens is 2. The molecule has 14 heteroatoms. The minimum Gasteiger partial charge on any atom is -0.466 e. The third-order valence-corrected chi connectivity index (χ3v) is 8.86. The highest BCUT2D eigenvalue weighted by Gasteiger charge is 2.41. The average molecular weight is 541 g/mol. The van der Waals surface area contributed by atoms with Crippen molar-refractivity contribution >= 4 is 45.0 Å². The van der Waals surface area contributed by atoms with Crippen LogP contribution in [0.2, 0.25) is 5.02 Å². The normalized spacial score (nSPS) is 24.6. The van der Waals surface area contributed by atoms with Crippen molar-refractivity contribution in [2.45, 2.75) is 12.1 Å². The Morgan fingerprint density at radius 1 is 1.37 bits per heavy atom. The van der Waals surface area contributed by atoms with E-state index < -0.39 is 28.0 Å². The lowest BCUT2D eigenvalue weighted by Crippen LogP contribution is -2.53. The molecule has 35 heavy (non-hydrogen) atoms. The molecule has 0 radical (unpaired) electrons. The Morgan fingerprint density at radius 3 is 2.91 bits per heavy atom. The molecule has 4 heterocycles. The van der Waals surface area contributed by atoms with E-state index in [-0.39, 0.29) is 16.6 Å². The van der Waals surface area contributed by atoms with Crippen LogP contribution in [0.1, 0.15) is 16.6 Å². The zero-order valence-corrected chi connectivity index (χ0v) is 21.0. The molecule has 2 N–H and O–H groups in total. The summed E-state index contributed by atoms with van der Waals surface area (Å²) in [6.07, 6.45) is 1.65. The van der Waals surface area contributed by atoms with Crippen LogP contribution in [-0.4, -0.2) is 80.3 Å². The Hall–Kier alpha value is -2.42. The summed E-state index contributed by atoms with van der Waals surface area (Å²) < 4.78 is 47.2. The number of aliphatic imine (C=N–C) groups is 1. The van der Waals surface area contributed by atoms with Crippen LogP contribution in [0.4, 0.5) is 4.39 Å². The quantitative estimate of drug-likeness (QED) is 0.549. The molecule has 10 nitrogen and oxygen atoms in total. The van der Waals surface area contributed by atoms with Gasteiger partial charge in [-0.1, -0.05) is 17.7 Å². The summed E-state index contributed by atoms with van der Waals surface area (Å²) in [6.45, 7) is 1.94. The molecule has 1 aromatic carbocycles. The fourth-order valence-electron chi connectivity index (χ4n) is 4.51. The number of esters is 1. The molecule has 186 valence electrons. The maximum atomic E-state index is 13.8. The van der Waals surface area contributed by atoms with Gasteiger partial charge in [0.15, 0.2) is 10.8 Å². The molecule has 5 rings (SSSR count). The molecule has 2 unspecified atom stereocenters. The lowest BCUT2D eigenvalue weighted by Gasteiger charge is -2.37. The highest BCUT2D eigenvalue weighted by molar-refractivity contribution is 7.87. The van der Waals surface area contributed by atoms with E-state index in [1.807, 2.05) is 5.38 Å². The molecule has 3 aliphatic heterocycles. The number of nitrogens with zero attached hydrogens (tertiary/aromatic N) is 4. The zero-order valence-electron chi connectivity index (χ0n) is 18.6. The number of carbonyl (C=O) groups is 1. The molecule has 0 spiro atoms. The van der Waals surface area contributed by atoms with Crippen LogP contribution in [0.15, 0.2) is 46.0 Å². The van der Waals surface area contributed by atoms with Gasteiger partial charge in [0, 0.05) is 60.6 Å². The van der Waals surface area contributed by atoms with Crippen LogP contribution >= 0.6 is 22.9 Å². The van der Waals surface area contributed by atoms with Gasteiger partial charge >= 0.3 is 5.97 Å². The molecule has 1 aromatic heterocycles. The second-order valence-corrected chi connectivity index (χ2v) is 11.3. The number of carbonyl (C=O) groups excluding carboxylic acids is 1. The van der Waals surface area contributed by atoms with Gasteiger partial charge in [-0.05, 0) is 12.1 Å². The fourth-order valence-corrected chi connectivity index (χ4v) is 6.79. The first kappa shape index (κ1) is 24.3. The first-order chi connectivity index (χ1) is 16.8. The van der Waals surface area contributed by atoms with Gasteiger partial charge in [-0.25, -0.2) is 18.9 Å². The van der Waals surface area contributed by atoms with E-state index in [4.69, 9.17) is 21.3 Å². The standard InChI is InChI=1S/C21H22ClFN6O4S2/c1-33-21(30)17-16(11-28-5-6-29-13(10-28)9-25-35(29,31)32)26-19(20-24-4-7-34-20)27-18(17)14-3-2-12(23)8-15(14)22/h2-4,7-8,13,18,25H,5-6,9-11H2,1H3,(H,26,27). The Balaban J connectivity index is 1.53. The van der Waals surface area contributed by atoms with Crippen molar-refractivity contribution in [3.63, 3.8) is 0 Å². The van der Waals surface area contributed by atoms with Crippen molar-refractivity contribution in [3.8, 4) is 0 Å². The first-order valence-electron chi connectivity index (χ1n) is 10.8. The average Bonchev–Trinajstić information content (AvgIpc) is 3.46. The van der Waals surface area contributed by atoms with Gasteiger partial charge in [-0.15, -0.1) is 11.3 Å². The van der Waals surface area contributed by atoms with Gasteiger partial charge < -0.3 is 10.1 Å². The highest BCUT2D eigenvalue weighted by Crippen LogP contribution is 2.37. The van der Waals surface area contributed by atoms with Crippen LogP contribution in [0.3, 0.4) is 0 Å². The number of aromatic nitrogens is 1. The molecule has 2 fully saturated rings. The van der Waals surface area contributed by atoms with E-state index in [0.717, 1.165) is 0 Å². The van der Waals surface area contributed by atoms with Crippen molar-refractivity contribution in [1.82, 2.24) is 24.2 Å². The molecule has 3 aliphatic rings. The van der Waals surface area contributed by atoms with Crippen molar-refractivity contribution in [1.29, 1.82) is 0 Å². The van der Waals surface area contributed by atoms with Crippen molar-refractivity contribution < 1.29 is 22.3 Å². The molecule has 2 aromatic rings. The second-order valence-electron chi connectivity index (χ2n) is 8.25. The SMILES string of the molecule is COC(=O)C1=C(CN2CCN3C(CNS3(=O)=O)C2)NC(c2nccs2)=NC1c1ccc(F)cc1Cl. The van der Waals surface area contributed by atoms with Gasteiger partial charge in [-0.2, -0.15) is 12.7 Å². The van der Waals surface area contributed by atoms with Gasteiger partial charge in [0.1, 0.15) is 11.9 Å². The maximum absolute atomic E-state index is 13.8. The van der Waals surface area contributed by atoms with E-state index in [0.29, 0.717) is 54.8 Å². The van der Waals surface area contributed by atoms with Gasteiger partial charge in [0.05, 0.1) is 18.7 Å². The van der Waals surface area contributed by atoms with E-state index in [1.165, 1.54) is 41.0 Å². The number of fused-ring (bicyclic) bond motifs is 1. The van der Waals surface area contributed by atoms with Crippen LogP contribution in [0.25, 0.3) is 0 Å². The third kappa shape index (κ3) is 4.71. The Kier molecular flexibility index (Phi) is 6.63. The summed E-state index contributed by atoms with van der Waals surface area (Å²) in [5, 5.41) is 5.81. The topological polar surface area (TPSA) is 116 Å². The predicted octanol–water partition coefficient (Wildman–Crippen LogP) is 1.29. The fraction of sp³-hybridized carbons (Fsp3) is 0.381. The lowest BCUT2D eigenvalue weighted by molar-refractivity contribution is -0.136. The summed E-state index contributed by atoms with van der Waals surface area (Å²) in [5.74, 6) is -0.640.